The zero-order chi connectivity index (χ0) is 39.7. The normalized spacial score (nSPS) is 15.2. The summed E-state index contributed by atoms with van der Waals surface area (Å²) in [5.74, 6) is 0.153. The highest BCUT2D eigenvalue weighted by atomic mass is 32.2. The summed E-state index contributed by atoms with van der Waals surface area (Å²) >= 11 is 0. The standard InChI is InChI=1S/C44H51N5O6S/c1-7-47(26-29(4)54-5)44(51)38-25-45-49(34-16-12-9-13-17-34)41(38)33-22-32-23-35(55-6)19-21-36(32)42-40(30-14-10-8-11-15-30)37-20-18-31(24-39(37)48(42)27-33)43(50)46-56(52,53)28(2)3/h9,12-13,16-25,28-30H,7-8,10-11,14-15,26-27H2,1-6H3,(H,46,50)/t29-/m1/s1. The first kappa shape index (κ1) is 39.1. The number of hydrogen-bond donors (Lipinski definition) is 1. The number of aromatic nitrogens is 3. The second kappa shape index (κ2) is 16.1. The lowest BCUT2D eigenvalue weighted by atomic mass is 9.81. The van der Waals surface area contributed by atoms with Crippen LogP contribution in [0.3, 0.4) is 0 Å². The number of sulfonamides is 1. The van der Waals surface area contributed by atoms with Crippen molar-refractivity contribution in [2.24, 2.45) is 0 Å². The van der Waals surface area contributed by atoms with E-state index in [1.54, 1.807) is 45.2 Å². The molecule has 0 saturated heterocycles. The zero-order valence-electron chi connectivity index (χ0n) is 33.0. The van der Waals surface area contributed by atoms with Gasteiger partial charge in [0.15, 0.2) is 0 Å². The first-order chi connectivity index (χ1) is 26.9. The van der Waals surface area contributed by atoms with E-state index in [0.29, 0.717) is 36.6 Å². The highest BCUT2D eigenvalue weighted by Gasteiger charge is 2.33. The molecular weight excluding hydrogens is 727 g/mol. The van der Waals surface area contributed by atoms with E-state index in [9.17, 15) is 18.0 Å². The molecule has 5 aromatic rings. The smallest absolute Gasteiger partial charge is 0.264 e. The van der Waals surface area contributed by atoms with Gasteiger partial charge in [0.1, 0.15) is 5.75 Å². The first-order valence-corrected chi connectivity index (χ1v) is 21.1. The number of para-hydroxylation sites is 1. The van der Waals surface area contributed by atoms with E-state index >= 15 is 0 Å². The Kier molecular flexibility index (Phi) is 11.2. The van der Waals surface area contributed by atoms with E-state index < -0.39 is 21.2 Å². The van der Waals surface area contributed by atoms with Gasteiger partial charge in [0.2, 0.25) is 10.0 Å². The van der Waals surface area contributed by atoms with Crippen LogP contribution in [0.25, 0.3) is 39.5 Å². The lowest BCUT2D eigenvalue weighted by Crippen LogP contribution is -2.37. The highest BCUT2D eigenvalue weighted by Crippen LogP contribution is 2.48. The lowest BCUT2D eigenvalue weighted by molar-refractivity contribution is 0.0551. The molecule has 7 rings (SSSR count). The Hall–Kier alpha value is -5.20. The van der Waals surface area contributed by atoms with E-state index in [1.807, 2.05) is 73.1 Å². The van der Waals surface area contributed by atoms with Gasteiger partial charge in [-0.3, -0.25) is 9.59 Å². The first-order valence-electron chi connectivity index (χ1n) is 19.5. The van der Waals surface area contributed by atoms with Crippen molar-refractivity contribution in [2.45, 2.75) is 83.6 Å². The minimum Gasteiger partial charge on any atom is -0.497 e. The average Bonchev–Trinajstić information content (AvgIpc) is 3.74. The molecule has 2 aliphatic rings. The Morgan fingerprint density at radius 1 is 0.964 bits per heavy atom. The zero-order valence-corrected chi connectivity index (χ0v) is 33.9. The Labute approximate surface area is 329 Å². The summed E-state index contributed by atoms with van der Waals surface area (Å²) < 4.78 is 43.3. The molecule has 1 N–H and O–H groups in total. The number of benzene rings is 3. The number of fused-ring (bicyclic) bond motifs is 5. The maximum Gasteiger partial charge on any atom is 0.264 e. The minimum absolute atomic E-state index is 0.157. The van der Waals surface area contributed by atoms with Gasteiger partial charge in [-0.05, 0) is 112 Å². The van der Waals surface area contributed by atoms with Gasteiger partial charge in [-0.15, -0.1) is 0 Å². The highest BCUT2D eigenvalue weighted by molar-refractivity contribution is 7.90. The van der Waals surface area contributed by atoms with Gasteiger partial charge in [-0.1, -0.05) is 43.5 Å². The van der Waals surface area contributed by atoms with Crippen LogP contribution in [0.5, 0.6) is 5.75 Å². The third-order valence-corrected chi connectivity index (χ3v) is 13.0. The monoisotopic (exact) mass is 777 g/mol. The second-order valence-electron chi connectivity index (χ2n) is 15.1. The van der Waals surface area contributed by atoms with Crippen molar-refractivity contribution in [3.8, 4) is 22.7 Å². The van der Waals surface area contributed by atoms with Gasteiger partial charge < -0.3 is 18.9 Å². The molecule has 1 aliphatic carbocycles. The Bertz CT molecular complexity index is 2410. The van der Waals surface area contributed by atoms with Crippen molar-refractivity contribution >= 4 is 44.4 Å². The van der Waals surface area contributed by atoms with Crippen LogP contribution in [0.2, 0.25) is 0 Å². The van der Waals surface area contributed by atoms with Crippen LogP contribution in [-0.4, -0.2) is 78.1 Å². The topological polar surface area (TPSA) is 125 Å². The fourth-order valence-electron chi connectivity index (χ4n) is 8.12. The molecular formula is C44H51N5O6S. The van der Waals surface area contributed by atoms with Gasteiger partial charge >= 0.3 is 0 Å². The SMILES string of the molecule is CCN(C[C@@H](C)OC)C(=O)c1cnn(-c2ccccc2)c1C1=Cc2cc(OC)ccc2-c2c(C3CCCCC3)c3ccc(C(=O)NS(=O)(=O)C(C)C)cc3n2C1. The largest absolute Gasteiger partial charge is 0.497 e. The maximum atomic E-state index is 14.6. The van der Waals surface area contributed by atoms with E-state index in [0.717, 1.165) is 64.7 Å². The number of nitrogens with one attached hydrogen (secondary N) is 1. The maximum absolute atomic E-state index is 14.6. The summed E-state index contributed by atoms with van der Waals surface area (Å²) in [5, 5.41) is 5.11. The number of likely N-dealkylation sites (N-methyl/N-ethyl adjacent to an activating group) is 1. The molecule has 1 atom stereocenters. The number of methoxy groups -OCH3 is 2. The van der Waals surface area contributed by atoms with Crippen LogP contribution < -0.4 is 9.46 Å². The van der Waals surface area contributed by atoms with Crippen LogP contribution in [0.1, 0.15) is 103 Å². The fourth-order valence-corrected chi connectivity index (χ4v) is 8.73. The summed E-state index contributed by atoms with van der Waals surface area (Å²) in [6.45, 7) is 8.22. The van der Waals surface area contributed by atoms with E-state index in [-0.39, 0.29) is 23.5 Å². The molecule has 1 aliphatic heterocycles. The van der Waals surface area contributed by atoms with Gasteiger partial charge in [0.05, 0.1) is 53.8 Å². The van der Waals surface area contributed by atoms with Gasteiger partial charge in [-0.2, -0.15) is 5.10 Å². The Morgan fingerprint density at radius 3 is 2.39 bits per heavy atom. The predicted molar refractivity (Wildman–Crippen MR) is 221 cm³/mol. The van der Waals surface area contributed by atoms with Crippen LogP contribution in [0.15, 0.2) is 72.9 Å². The Balaban J connectivity index is 1.50. The van der Waals surface area contributed by atoms with Crippen molar-refractivity contribution in [3.05, 3.63) is 101 Å². The van der Waals surface area contributed by atoms with Crippen molar-refractivity contribution in [3.63, 3.8) is 0 Å². The molecule has 2 amide bonds. The summed E-state index contributed by atoms with van der Waals surface area (Å²) in [7, 11) is -0.567. The molecule has 11 nitrogen and oxygen atoms in total. The number of hydrogen-bond acceptors (Lipinski definition) is 7. The van der Waals surface area contributed by atoms with Crippen molar-refractivity contribution < 1.29 is 27.5 Å². The van der Waals surface area contributed by atoms with Crippen molar-refractivity contribution in [1.29, 1.82) is 0 Å². The van der Waals surface area contributed by atoms with Crippen molar-refractivity contribution in [1.82, 2.24) is 24.0 Å². The third-order valence-electron chi connectivity index (χ3n) is 11.3. The number of rotatable bonds is 12. The van der Waals surface area contributed by atoms with Crippen LogP contribution >= 0.6 is 0 Å². The molecule has 56 heavy (non-hydrogen) atoms. The van der Waals surface area contributed by atoms with Gasteiger partial charge in [0.25, 0.3) is 11.8 Å². The number of carbonyl (C=O) groups is 2. The molecule has 294 valence electrons. The summed E-state index contributed by atoms with van der Waals surface area (Å²) in [5.41, 5.74) is 8.02. The summed E-state index contributed by atoms with van der Waals surface area (Å²) in [6, 6.07) is 21.4. The summed E-state index contributed by atoms with van der Waals surface area (Å²) in [4.78, 5) is 30.0. The molecule has 1 saturated carbocycles. The summed E-state index contributed by atoms with van der Waals surface area (Å²) in [6.07, 6.45) is 9.14. The molecule has 3 heterocycles. The van der Waals surface area contributed by atoms with Gasteiger partial charge in [0, 0.05) is 42.2 Å². The molecule has 12 heteroatoms. The Morgan fingerprint density at radius 2 is 1.71 bits per heavy atom. The number of nitrogens with zero attached hydrogens (tertiary/aromatic N) is 4. The number of ether oxygens (including phenoxy) is 2. The third kappa shape index (κ3) is 7.39. The minimum atomic E-state index is -3.86. The van der Waals surface area contributed by atoms with Gasteiger partial charge in [-0.25, -0.2) is 17.8 Å². The van der Waals surface area contributed by atoms with Crippen molar-refractivity contribution in [2.75, 3.05) is 27.3 Å². The van der Waals surface area contributed by atoms with E-state index in [4.69, 9.17) is 14.6 Å². The van der Waals surface area contributed by atoms with Crippen LogP contribution in [0.4, 0.5) is 0 Å². The number of allylic oxidation sites excluding steroid dienone is 1. The van der Waals surface area contributed by atoms with Crippen LogP contribution in [0, 0.1) is 0 Å². The molecule has 1 fully saturated rings. The number of carbonyl (C=O) groups excluding carboxylic acids is 2. The molecule has 0 unspecified atom stereocenters. The average molecular weight is 778 g/mol. The predicted octanol–water partition coefficient (Wildman–Crippen LogP) is 8.07. The van der Waals surface area contributed by atoms with E-state index in [1.165, 1.54) is 12.0 Å². The molecule has 0 bridgehead atoms. The number of amides is 2. The quantitative estimate of drug-likeness (QED) is 0.136. The lowest BCUT2D eigenvalue weighted by Gasteiger charge is -2.24. The molecule has 3 aromatic carbocycles. The second-order valence-corrected chi connectivity index (χ2v) is 17.3. The fraction of sp³-hybridized carbons (Fsp3) is 0.386. The molecule has 0 spiro atoms. The molecule has 2 aromatic heterocycles. The van der Waals surface area contributed by atoms with E-state index in [2.05, 4.69) is 21.4 Å². The van der Waals surface area contributed by atoms with Crippen LogP contribution in [-0.2, 0) is 21.3 Å². The molecule has 0 radical (unpaired) electrons.